The molecule has 1 aromatic rings. The molecule has 0 spiro atoms. The maximum Gasteiger partial charge on any atom is 0.233 e. The van der Waals surface area contributed by atoms with Crippen LogP contribution in [0.2, 0.25) is 0 Å². The molecule has 7 heteroatoms. The van der Waals surface area contributed by atoms with Crippen molar-refractivity contribution < 1.29 is 4.79 Å². The van der Waals surface area contributed by atoms with Gasteiger partial charge in [-0.3, -0.25) is 4.79 Å². The Labute approximate surface area is 147 Å². The Balaban J connectivity index is 1.37. The van der Waals surface area contributed by atoms with Crippen molar-refractivity contribution in [2.24, 2.45) is 5.92 Å². The number of carbonyl (C=O) groups excluding carboxylic acids is 1. The number of nitrogens with zero attached hydrogens (tertiary/aromatic N) is 5. The number of piperidine rings is 1. The summed E-state index contributed by atoms with van der Waals surface area (Å²) in [5.74, 6) is 1.49. The summed E-state index contributed by atoms with van der Waals surface area (Å²) in [4.78, 5) is 15.0. The van der Waals surface area contributed by atoms with Crippen LogP contribution in [0.15, 0.2) is 5.16 Å². The summed E-state index contributed by atoms with van der Waals surface area (Å²) in [6.45, 7) is 0.939. The van der Waals surface area contributed by atoms with Crippen molar-refractivity contribution in [2.75, 3.05) is 12.3 Å². The lowest BCUT2D eigenvalue weighted by atomic mass is 9.78. The summed E-state index contributed by atoms with van der Waals surface area (Å²) < 4.78 is 1.95. The van der Waals surface area contributed by atoms with E-state index in [1.807, 2.05) is 4.68 Å². The molecule has 2 heterocycles. The van der Waals surface area contributed by atoms with Crippen LogP contribution in [0.3, 0.4) is 0 Å². The molecular formula is C17H27N5OS. The molecule has 0 radical (unpaired) electrons. The minimum absolute atomic E-state index is 0.276. The molecule has 0 unspecified atom stereocenters. The van der Waals surface area contributed by atoms with Crippen molar-refractivity contribution in [3.8, 4) is 0 Å². The molecule has 24 heavy (non-hydrogen) atoms. The first-order valence-electron chi connectivity index (χ1n) is 9.53. The summed E-state index contributed by atoms with van der Waals surface area (Å²) in [6, 6.07) is 0.918. The van der Waals surface area contributed by atoms with Crippen molar-refractivity contribution in [3.63, 3.8) is 0 Å². The smallest absolute Gasteiger partial charge is 0.233 e. The second-order valence-electron chi connectivity index (χ2n) is 7.47. The molecule has 0 aromatic carbocycles. The number of hydrogen-bond donors (Lipinski definition) is 0. The van der Waals surface area contributed by atoms with Crippen LogP contribution in [-0.4, -0.2) is 49.4 Å². The van der Waals surface area contributed by atoms with Gasteiger partial charge in [0.1, 0.15) is 0 Å². The summed E-state index contributed by atoms with van der Waals surface area (Å²) >= 11 is 1.52. The Morgan fingerprint density at radius 2 is 1.79 bits per heavy atom. The quantitative estimate of drug-likeness (QED) is 0.782. The van der Waals surface area contributed by atoms with Crippen molar-refractivity contribution in [1.29, 1.82) is 0 Å². The fourth-order valence-corrected chi connectivity index (χ4v) is 5.63. The van der Waals surface area contributed by atoms with E-state index in [1.165, 1.54) is 56.7 Å². The van der Waals surface area contributed by atoms with Crippen molar-refractivity contribution in [2.45, 2.75) is 81.4 Å². The van der Waals surface area contributed by atoms with Crippen LogP contribution in [0.25, 0.3) is 0 Å². The molecular weight excluding hydrogens is 322 g/mol. The summed E-state index contributed by atoms with van der Waals surface area (Å²) in [5.41, 5.74) is 0. The van der Waals surface area contributed by atoms with Gasteiger partial charge in [0, 0.05) is 12.6 Å². The van der Waals surface area contributed by atoms with Crippen LogP contribution in [-0.2, 0) is 4.79 Å². The van der Waals surface area contributed by atoms with Gasteiger partial charge in [-0.15, -0.1) is 5.10 Å². The predicted molar refractivity (Wildman–Crippen MR) is 92.7 cm³/mol. The minimum Gasteiger partial charge on any atom is -0.339 e. The molecule has 0 N–H and O–H groups in total. The number of tetrazole rings is 1. The molecule has 3 fully saturated rings. The Morgan fingerprint density at radius 3 is 2.67 bits per heavy atom. The van der Waals surface area contributed by atoms with Gasteiger partial charge in [-0.1, -0.05) is 37.4 Å². The third-order valence-corrected chi connectivity index (χ3v) is 6.94. The third-order valence-electron chi connectivity index (χ3n) is 6.02. The summed E-state index contributed by atoms with van der Waals surface area (Å²) in [7, 11) is 0. The average molecular weight is 350 g/mol. The van der Waals surface area contributed by atoms with Gasteiger partial charge in [-0.05, 0) is 54.9 Å². The van der Waals surface area contributed by atoms with Gasteiger partial charge in [-0.25, -0.2) is 4.68 Å². The van der Waals surface area contributed by atoms with E-state index < -0.39 is 0 Å². The molecule has 2 aliphatic carbocycles. The van der Waals surface area contributed by atoms with E-state index in [4.69, 9.17) is 0 Å². The van der Waals surface area contributed by atoms with Crippen LogP contribution >= 0.6 is 11.8 Å². The number of carbonyl (C=O) groups is 1. The highest BCUT2D eigenvalue weighted by atomic mass is 32.2. The number of hydrogen-bond acceptors (Lipinski definition) is 5. The lowest BCUT2D eigenvalue weighted by molar-refractivity contribution is -0.134. The van der Waals surface area contributed by atoms with E-state index in [0.29, 0.717) is 17.8 Å². The Bertz CT molecular complexity index is 569. The lowest BCUT2D eigenvalue weighted by Gasteiger charge is -2.44. The number of likely N-dealkylation sites (tertiary alicyclic amines) is 1. The van der Waals surface area contributed by atoms with E-state index in [2.05, 4.69) is 20.4 Å². The second kappa shape index (κ2) is 7.42. The van der Waals surface area contributed by atoms with Gasteiger partial charge >= 0.3 is 0 Å². The maximum absolute atomic E-state index is 12.8. The van der Waals surface area contributed by atoms with Crippen LogP contribution in [0, 0.1) is 5.92 Å². The molecule has 0 bridgehead atoms. The molecule has 132 valence electrons. The molecule has 1 amide bonds. The van der Waals surface area contributed by atoms with Gasteiger partial charge in [0.15, 0.2) is 0 Å². The molecule has 4 rings (SSSR count). The highest BCUT2D eigenvalue weighted by Gasteiger charge is 2.35. The zero-order valence-corrected chi connectivity index (χ0v) is 15.1. The third kappa shape index (κ3) is 3.32. The topological polar surface area (TPSA) is 63.9 Å². The fraction of sp³-hybridized carbons (Fsp3) is 0.882. The van der Waals surface area contributed by atoms with Gasteiger partial charge in [0.2, 0.25) is 11.1 Å². The largest absolute Gasteiger partial charge is 0.339 e. The molecule has 3 aliphatic rings. The first-order chi connectivity index (χ1) is 11.8. The predicted octanol–water partition coefficient (Wildman–Crippen LogP) is 3.06. The number of amides is 1. The van der Waals surface area contributed by atoms with Gasteiger partial charge in [0.05, 0.1) is 11.8 Å². The van der Waals surface area contributed by atoms with Crippen LogP contribution < -0.4 is 0 Å². The molecule has 2 saturated carbocycles. The molecule has 2 atom stereocenters. The Morgan fingerprint density at radius 1 is 1.04 bits per heavy atom. The standard InChI is InChI=1S/C17H27N5OS/c23-16(21-11-5-7-13-6-1-4-10-15(13)21)12-24-17-18-19-20-22(17)14-8-2-3-9-14/h13-15H,1-12H2/t13-,15-/m1/s1. The van der Waals surface area contributed by atoms with Crippen molar-refractivity contribution in [1.82, 2.24) is 25.1 Å². The molecule has 1 saturated heterocycles. The van der Waals surface area contributed by atoms with Crippen LogP contribution in [0.1, 0.15) is 70.3 Å². The van der Waals surface area contributed by atoms with E-state index in [9.17, 15) is 4.79 Å². The monoisotopic (exact) mass is 349 g/mol. The van der Waals surface area contributed by atoms with E-state index in [0.717, 1.165) is 36.9 Å². The highest BCUT2D eigenvalue weighted by molar-refractivity contribution is 7.99. The van der Waals surface area contributed by atoms with E-state index in [1.54, 1.807) is 0 Å². The zero-order valence-electron chi connectivity index (χ0n) is 14.3. The number of aromatic nitrogens is 4. The number of thioether (sulfide) groups is 1. The van der Waals surface area contributed by atoms with Gasteiger partial charge in [0.25, 0.3) is 0 Å². The molecule has 6 nitrogen and oxygen atoms in total. The maximum atomic E-state index is 12.8. The van der Waals surface area contributed by atoms with Gasteiger partial charge < -0.3 is 4.90 Å². The molecule has 1 aromatic heterocycles. The first kappa shape index (κ1) is 16.4. The summed E-state index contributed by atoms with van der Waals surface area (Å²) in [6.07, 6.45) is 12.4. The molecule has 1 aliphatic heterocycles. The number of rotatable bonds is 4. The SMILES string of the molecule is O=C(CSc1nnnn1C1CCCC1)N1CCC[C@H]2CCCC[C@H]21. The van der Waals surface area contributed by atoms with Gasteiger partial charge in [-0.2, -0.15) is 0 Å². The summed E-state index contributed by atoms with van der Waals surface area (Å²) in [5, 5.41) is 13.0. The normalized spacial score (nSPS) is 28.1. The first-order valence-corrected chi connectivity index (χ1v) is 10.5. The lowest BCUT2D eigenvalue weighted by Crippen LogP contribution is -2.50. The van der Waals surface area contributed by atoms with Crippen molar-refractivity contribution in [3.05, 3.63) is 0 Å². The van der Waals surface area contributed by atoms with E-state index >= 15 is 0 Å². The number of fused-ring (bicyclic) bond motifs is 1. The Kier molecular flexibility index (Phi) is 5.06. The van der Waals surface area contributed by atoms with Crippen LogP contribution in [0.5, 0.6) is 0 Å². The second-order valence-corrected chi connectivity index (χ2v) is 8.42. The Hall–Kier alpha value is -1.11. The van der Waals surface area contributed by atoms with Crippen molar-refractivity contribution >= 4 is 17.7 Å². The van der Waals surface area contributed by atoms with E-state index in [-0.39, 0.29) is 5.91 Å². The fourth-order valence-electron chi connectivity index (χ4n) is 4.80. The average Bonchev–Trinajstić information content (AvgIpc) is 3.30. The zero-order chi connectivity index (χ0) is 16.4. The highest BCUT2D eigenvalue weighted by Crippen LogP contribution is 2.36. The van der Waals surface area contributed by atoms with Crippen LogP contribution in [0.4, 0.5) is 0 Å². The minimum atomic E-state index is 0.276.